The van der Waals surface area contributed by atoms with E-state index in [1.807, 2.05) is 37.3 Å². The Bertz CT molecular complexity index is 901. The maximum absolute atomic E-state index is 13.1. The molecule has 0 unspecified atom stereocenters. The van der Waals surface area contributed by atoms with Gasteiger partial charge in [-0.05, 0) is 36.2 Å². The van der Waals surface area contributed by atoms with Crippen LogP contribution in [0.2, 0.25) is 0 Å². The number of ether oxygens (including phenoxy) is 1. The fourth-order valence-electron chi connectivity index (χ4n) is 3.93. The van der Waals surface area contributed by atoms with Gasteiger partial charge in [-0.1, -0.05) is 31.2 Å². The number of rotatable bonds is 5. The molecule has 2 aromatic carbocycles. The van der Waals surface area contributed by atoms with Crippen LogP contribution in [0.15, 0.2) is 48.5 Å². The van der Waals surface area contributed by atoms with Crippen LogP contribution in [-0.4, -0.2) is 41.6 Å². The lowest BCUT2D eigenvalue weighted by atomic mass is 9.90. The van der Waals surface area contributed by atoms with Crippen molar-refractivity contribution in [3.05, 3.63) is 54.1 Å². The molecule has 2 saturated heterocycles. The summed E-state index contributed by atoms with van der Waals surface area (Å²) in [6, 6.07) is 13.8. The second-order valence-corrected chi connectivity index (χ2v) is 6.92. The Morgan fingerprint density at radius 2 is 1.86 bits per heavy atom. The molecule has 2 amide bonds. The number of phenols is 1. The predicted octanol–water partition coefficient (Wildman–Crippen LogP) is 2.66. The van der Waals surface area contributed by atoms with E-state index >= 15 is 0 Å². The third-order valence-corrected chi connectivity index (χ3v) is 5.21. The lowest BCUT2D eigenvalue weighted by Crippen LogP contribution is -2.37. The Hall–Kier alpha value is -3.06. The van der Waals surface area contributed by atoms with Gasteiger partial charge in [-0.2, -0.15) is 0 Å². The molecule has 0 saturated carbocycles. The zero-order valence-electron chi connectivity index (χ0n) is 15.7. The van der Waals surface area contributed by atoms with Gasteiger partial charge in [-0.15, -0.1) is 0 Å². The van der Waals surface area contributed by atoms with E-state index in [2.05, 4.69) is 0 Å². The number of para-hydroxylation sites is 1. The summed E-state index contributed by atoms with van der Waals surface area (Å²) in [5.41, 5.74) is 1.47. The molecule has 3 atom stereocenters. The number of nitrogens with zero attached hydrogens (tertiary/aromatic N) is 2. The number of hydrogen-bond donors (Lipinski definition) is 1. The second kappa shape index (κ2) is 7.16. The van der Waals surface area contributed by atoms with Crippen molar-refractivity contribution in [2.24, 2.45) is 5.92 Å². The summed E-state index contributed by atoms with van der Waals surface area (Å²) >= 11 is 0. The molecular formula is C21H22N2O5. The second-order valence-electron chi connectivity index (χ2n) is 6.92. The zero-order valence-corrected chi connectivity index (χ0v) is 15.7. The van der Waals surface area contributed by atoms with E-state index in [9.17, 15) is 14.7 Å². The first kappa shape index (κ1) is 18.3. The van der Waals surface area contributed by atoms with Crippen LogP contribution < -0.4 is 9.80 Å². The summed E-state index contributed by atoms with van der Waals surface area (Å²) in [6.45, 7) is 2.30. The van der Waals surface area contributed by atoms with E-state index in [-0.39, 0.29) is 17.6 Å². The number of hydrogen-bond acceptors (Lipinski definition) is 6. The van der Waals surface area contributed by atoms with Crippen molar-refractivity contribution in [2.75, 3.05) is 18.7 Å². The number of phenolic OH excluding ortho intramolecular Hbond substituents is 1. The van der Waals surface area contributed by atoms with Gasteiger partial charge in [0.15, 0.2) is 17.6 Å². The zero-order chi connectivity index (χ0) is 19.8. The van der Waals surface area contributed by atoms with Crippen molar-refractivity contribution in [3.8, 4) is 11.5 Å². The van der Waals surface area contributed by atoms with E-state index in [1.165, 1.54) is 18.1 Å². The third kappa shape index (κ3) is 2.79. The monoisotopic (exact) mass is 382 g/mol. The fraction of sp³-hybridized carbons (Fsp3) is 0.333. The molecule has 7 nitrogen and oxygen atoms in total. The minimum Gasteiger partial charge on any atom is -0.504 e. The number of amides is 2. The normalized spacial score (nSPS) is 24.0. The Kier molecular flexibility index (Phi) is 4.68. The van der Waals surface area contributed by atoms with Crippen LogP contribution in [0.3, 0.4) is 0 Å². The van der Waals surface area contributed by atoms with E-state index in [0.717, 1.165) is 11.3 Å². The number of likely N-dealkylation sites (tertiary alicyclic amines) is 1. The van der Waals surface area contributed by atoms with Crippen LogP contribution in [0.4, 0.5) is 5.69 Å². The number of hydroxylamine groups is 1. The highest BCUT2D eigenvalue weighted by Gasteiger charge is 2.59. The highest BCUT2D eigenvalue weighted by Crippen LogP contribution is 2.47. The number of methoxy groups -OCH3 is 1. The molecule has 0 aromatic heterocycles. The molecule has 0 bridgehead atoms. The first-order chi connectivity index (χ1) is 13.6. The summed E-state index contributed by atoms with van der Waals surface area (Å²) < 4.78 is 5.23. The molecular weight excluding hydrogens is 360 g/mol. The molecule has 2 aromatic rings. The SMILES string of the molecule is CCCN1C(=O)[C@@H]2[C@H](ON(c3ccccc3)[C@@H]2c2ccc(O)c(OC)c2)C1=O. The quantitative estimate of drug-likeness (QED) is 0.801. The molecule has 0 aliphatic carbocycles. The van der Waals surface area contributed by atoms with Crippen molar-refractivity contribution in [2.45, 2.75) is 25.5 Å². The number of benzene rings is 2. The van der Waals surface area contributed by atoms with Crippen LogP contribution in [0.1, 0.15) is 24.9 Å². The smallest absolute Gasteiger partial charge is 0.261 e. The summed E-state index contributed by atoms with van der Waals surface area (Å²) in [6.07, 6.45) is -0.166. The summed E-state index contributed by atoms with van der Waals surface area (Å²) in [5.74, 6) is -0.877. The summed E-state index contributed by atoms with van der Waals surface area (Å²) in [5, 5.41) is 11.6. The maximum Gasteiger partial charge on any atom is 0.261 e. The van der Waals surface area contributed by atoms with Gasteiger partial charge < -0.3 is 9.84 Å². The maximum atomic E-state index is 13.1. The Morgan fingerprint density at radius 1 is 1.11 bits per heavy atom. The van der Waals surface area contributed by atoms with E-state index in [0.29, 0.717) is 18.7 Å². The lowest BCUT2D eigenvalue weighted by molar-refractivity contribution is -0.143. The van der Waals surface area contributed by atoms with E-state index in [4.69, 9.17) is 9.57 Å². The molecule has 2 heterocycles. The predicted molar refractivity (Wildman–Crippen MR) is 102 cm³/mol. The van der Waals surface area contributed by atoms with Crippen molar-refractivity contribution in [1.29, 1.82) is 0 Å². The number of fused-ring (bicyclic) bond motifs is 1. The first-order valence-electron chi connectivity index (χ1n) is 9.30. The van der Waals surface area contributed by atoms with Crippen LogP contribution in [0.25, 0.3) is 0 Å². The number of carbonyl (C=O) groups excluding carboxylic acids is 2. The highest BCUT2D eigenvalue weighted by atomic mass is 16.7. The lowest BCUT2D eigenvalue weighted by Gasteiger charge is -2.29. The topological polar surface area (TPSA) is 79.3 Å². The molecule has 0 radical (unpaired) electrons. The van der Waals surface area contributed by atoms with Gasteiger partial charge in [-0.25, -0.2) is 5.06 Å². The van der Waals surface area contributed by atoms with Gasteiger partial charge in [-0.3, -0.25) is 19.3 Å². The molecule has 2 aliphatic heterocycles. The minimum atomic E-state index is -0.857. The van der Waals surface area contributed by atoms with Crippen LogP contribution in [-0.2, 0) is 14.4 Å². The Morgan fingerprint density at radius 3 is 2.54 bits per heavy atom. The fourth-order valence-corrected chi connectivity index (χ4v) is 3.93. The average Bonchev–Trinajstić information content (AvgIpc) is 3.21. The number of anilines is 1. The molecule has 28 heavy (non-hydrogen) atoms. The summed E-state index contributed by atoms with van der Waals surface area (Å²) in [4.78, 5) is 33.2. The Labute approximate surface area is 163 Å². The van der Waals surface area contributed by atoms with Crippen LogP contribution in [0, 0.1) is 5.92 Å². The van der Waals surface area contributed by atoms with Gasteiger partial charge in [0, 0.05) is 6.54 Å². The largest absolute Gasteiger partial charge is 0.504 e. The average molecular weight is 382 g/mol. The van der Waals surface area contributed by atoms with Crippen LogP contribution >= 0.6 is 0 Å². The number of carbonyl (C=O) groups is 2. The first-order valence-corrected chi connectivity index (χ1v) is 9.30. The molecule has 7 heteroatoms. The Balaban J connectivity index is 1.80. The van der Waals surface area contributed by atoms with E-state index in [1.54, 1.807) is 17.2 Å². The third-order valence-electron chi connectivity index (χ3n) is 5.21. The molecule has 146 valence electrons. The number of imide groups is 1. The molecule has 2 fully saturated rings. The molecule has 4 rings (SSSR count). The highest BCUT2D eigenvalue weighted by molar-refractivity contribution is 6.07. The van der Waals surface area contributed by atoms with Gasteiger partial charge in [0.25, 0.3) is 5.91 Å². The van der Waals surface area contributed by atoms with Crippen molar-refractivity contribution >= 4 is 17.5 Å². The van der Waals surface area contributed by atoms with Gasteiger partial charge >= 0.3 is 0 Å². The molecule has 1 N–H and O–H groups in total. The van der Waals surface area contributed by atoms with Crippen molar-refractivity contribution in [3.63, 3.8) is 0 Å². The minimum absolute atomic E-state index is 0.00871. The summed E-state index contributed by atoms with van der Waals surface area (Å²) in [7, 11) is 1.47. The standard InChI is InChI=1S/C21H22N2O5/c1-3-11-22-20(25)17-18(13-9-10-15(24)16(12-13)27-2)23(28-19(17)21(22)26)14-7-5-4-6-8-14/h4-10,12,17-19,24H,3,11H2,1-2H3/t17-,18+,19-/m0/s1. The van der Waals surface area contributed by atoms with Gasteiger partial charge in [0.2, 0.25) is 5.91 Å². The van der Waals surface area contributed by atoms with Crippen LogP contribution in [0.5, 0.6) is 11.5 Å². The van der Waals surface area contributed by atoms with E-state index < -0.39 is 18.1 Å². The van der Waals surface area contributed by atoms with Gasteiger partial charge in [0.05, 0.1) is 18.8 Å². The molecule has 0 spiro atoms. The number of aromatic hydroxyl groups is 1. The van der Waals surface area contributed by atoms with Crippen molar-refractivity contribution < 1.29 is 24.3 Å². The van der Waals surface area contributed by atoms with Crippen molar-refractivity contribution in [1.82, 2.24) is 4.90 Å². The van der Waals surface area contributed by atoms with Gasteiger partial charge in [0.1, 0.15) is 5.92 Å². The molecule has 2 aliphatic rings.